The Hall–Kier alpha value is -0.160. The Morgan fingerprint density at radius 3 is 2.50 bits per heavy atom. The van der Waals surface area contributed by atoms with E-state index in [1.165, 1.54) is 32.6 Å². The lowest BCUT2D eigenvalue weighted by Gasteiger charge is -2.38. The molecule has 1 aliphatic carbocycles. The molecule has 106 valence electrons. The molecule has 2 unspecified atom stereocenters. The van der Waals surface area contributed by atoms with Gasteiger partial charge in [-0.3, -0.25) is 4.90 Å². The van der Waals surface area contributed by atoms with Crippen molar-refractivity contribution in [2.24, 2.45) is 0 Å². The molecule has 1 heterocycles. The molecule has 2 rings (SSSR count). The molecule has 0 aromatic heterocycles. The molecule has 1 aliphatic heterocycles. The molecule has 18 heavy (non-hydrogen) atoms. The molecule has 4 nitrogen and oxygen atoms in total. The van der Waals surface area contributed by atoms with Crippen LogP contribution in [0.2, 0.25) is 0 Å². The third-order valence-electron chi connectivity index (χ3n) is 4.53. The standard InChI is InChI=1S/C14H29N3O/c1-12(2)15-14(11-18)5-4-13(10-14)17-8-6-16(3)7-9-17/h12-13,15,18H,4-11H2,1-3H3. The molecule has 2 atom stereocenters. The molecule has 0 amide bonds. The van der Waals surface area contributed by atoms with Crippen molar-refractivity contribution in [2.45, 2.75) is 50.7 Å². The highest BCUT2D eigenvalue weighted by atomic mass is 16.3. The van der Waals surface area contributed by atoms with Crippen LogP contribution in [-0.2, 0) is 0 Å². The zero-order valence-corrected chi connectivity index (χ0v) is 12.2. The van der Waals surface area contributed by atoms with Crippen LogP contribution in [0.3, 0.4) is 0 Å². The minimum atomic E-state index is -0.0256. The van der Waals surface area contributed by atoms with Crippen molar-refractivity contribution in [3.63, 3.8) is 0 Å². The van der Waals surface area contributed by atoms with Crippen molar-refractivity contribution in [1.29, 1.82) is 0 Å². The zero-order chi connectivity index (χ0) is 13.2. The van der Waals surface area contributed by atoms with Gasteiger partial charge in [0, 0.05) is 43.8 Å². The van der Waals surface area contributed by atoms with Crippen molar-refractivity contribution in [1.82, 2.24) is 15.1 Å². The summed E-state index contributed by atoms with van der Waals surface area (Å²) in [6.07, 6.45) is 3.44. The van der Waals surface area contributed by atoms with Crippen LogP contribution in [-0.4, -0.2) is 72.4 Å². The molecule has 2 aliphatic rings. The fourth-order valence-electron chi connectivity index (χ4n) is 3.53. The number of aliphatic hydroxyl groups excluding tert-OH is 1. The average Bonchev–Trinajstić information content (AvgIpc) is 2.74. The van der Waals surface area contributed by atoms with E-state index in [-0.39, 0.29) is 12.1 Å². The van der Waals surface area contributed by atoms with Crippen LogP contribution in [0.5, 0.6) is 0 Å². The summed E-state index contributed by atoms with van der Waals surface area (Å²) in [5.74, 6) is 0. The largest absolute Gasteiger partial charge is 0.394 e. The van der Waals surface area contributed by atoms with Crippen molar-refractivity contribution in [2.75, 3.05) is 39.8 Å². The van der Waals surface area contributed by atoms with E-state index in [1.807, 2.05) is 0 Å². The normalized spacial score (nSPS) is 35.5. The Bertz CT molecular complexity index is 264. The van der Waals surface area contributed by atoms with Crippen molar-refractivity contribution < 1.29 is 5.11 Å². The van der Waals surface area contributed by atoms with Gasteiger partial charge in [-0.1, -0.05) is 13.8 Å². The van der Waals surface area contributed by atoms with Gasteiger partial charge in [0.2, 0.25) is 0 Å². The first-order chi connectivity index (χ1) is 8.54. The summed E-state index contributed by atoms with van der Waals surface area (Å²) in [5.41, 5.74) is -0.0256. The number of nitrogens with one attached hydrogen (secondary N) is 1. The molecule has 0 radical (unpaired) electrons. The van der Waals surface area contributed by atoms with Gasteiger partial charge in [0.25, 0.3) is 0 Å². The van der Waals surface area contributed by atoms with Crippen LogP contribution in [0.1, 0.15) is 33.1 Å². The Kier molecular flexibility index (Phi) is 4.64. The van der Waals surface area contributed by atoms with E-state index in [9.17, 15) is 5.11 Å². The summed E-state index contributed by atoms with van der Waals surface area (Å²) >= 11 is 0. The number of hydrogen-bond acceptors (Lipinski definition) is 4. The Morgan fingerprint density at radius 1 is 1.28 bits per heavy atom. The van der Waals surface area contributed by atoms with Gasteiger partial charge in [0.1, 0.15) is 0 Å². The highest BCUT2D eigenvalue weighted by Crippen LogP contribution is 2.33. The second-order valence-electron chi connectivity index (χ2n) is 6.47. The van der Waals surface area contributed by atoms with Gasteiger partial charge in [0.15, 0.2) is 0 Å². The maximum absolute atomic E-state index is 9.73. The summed E-state index contributed by atoms with van der Waals surface area (Å²) in [4.78, 5) is 5.02. The molecule has 1 saturated carbocycles. The fraction of sp³-hybridized carbons (Fsp3) is 1.00. The topological polar surface area (TPSA) is 38.7 Å². The van der Waals surface area contributed by atoms with Crippen molar-refractivity contribution in [3.05, 3.63) is 0 Å². The first-order valence-corrected chi connectivity index (χ1v) is 7.36. The zero-order valence-electron chi connectivity index (χ0n) is 12.2. The van der Waals surface area contributed by atoms with E-state index in [0.29, 0.717) is 12.1 Å². The number of hydrogen-bond donors (Lipinski definition) is 2. The van der Waals surface area contributed by atoms with Gasteiger partial charge in [-0.2, -0.15) is 0 Å². The predicted molar refractivity (Wildman–Crippen MR) is 74.8 cm³/mol. The number of piperazine rings is 1. The Labute approximate surface area is 111 Å². The van der Waals surface area contributed by atoms with Gasteiger partial charge in [-0.25, -0.2) is 0 Å². The predicted octanol–water partition coefficient (Wildman–Crippen LogP) is 0.515. The Balaban J connectivity index is 1.90. The van der Waals surface area contributed by atoms with Crippen LogP contribution >= 0.6 is 0 Å². The molecule has 0 aromatic rings. The van der Waals surface area contributed by atoms with E-state index in [0.717, 1.165) is 12.8 Å². The second kappa shape index (κ2) is 5.87. The van der Waals surface area contributed by atoms with E-state index < -0.39 is 0 Å². The SMILES string of the molecule is CC(C)NC1(CO)CCC(N2CCN(C)CC2)C1. The summed E-state index contributed by atoms with van der Waals surface area (Å²) in [6.45, 7) is 9.34. The lowest BCUT2D eigenvalue weighted by molar-refractivity contribution is 0.0984. The van der Waals surface area contributed by atoms with Crippen LogP contribution in [0, 0.1) is 0 Å². The van der Waals surface area contributed by atoms with Crippen LogP contribution in [0.4, 0.5) is 0 Å². The molecule has 4 heteroatoms. The van der Waals surface area contributed by atoms with Gasteiger partial charge in [0.05, 0.1) is 6.61 Å². The quantitative estimate of drug-likeness (QED) is 0.768. The second-order valence-corrected chi connectivity index (χ2v) is 6.47. The smallest absolute Gasteiger partial charge is 0.0614 e. The lowest BCUT2D eigenvalue weighted by Crippen LogP contribution is -2.52. The fourth-order valence-corrected chi connectivity index (χ4v) is 3.53. The van der Waals surface area contributed by atoms with Gasteiger partial charge in [-0.15, -0.1) is 0 Å². The number of likely N-dealkylation sites (N-methyl/N-ethyl adjacent to an activating group) is 1. The molecule has 2 fully saturated rings. The first kappa shape index (κ1) is 14.3. The average molecular weight is 255 g/mol. The maximum Gasteiger partial charge on any atom is 0.0614 e. The van der Waals surface area contributed by atoms with E-state index in [4.69, 9.17) is 0 Å². The molecular formula is C14H29N3O. The molecule has 1 saturated heterocycles. The number of rotatable bonds is 4. The third kappa shape index (κ3) is 3.23. The molecular weight excluding hydrogens is 226 g/mol. The lowest BCUT2D eigenvalue weighted by atomic mass is 9.97. The molecule has 2 N–H and O–H groups in total. The summed E-state index contributed by atoms with van der Waals surface area (Å²) in [7, 11) is 2.20. The summed E-state index contributed by atoms with van der Waals surface area (Å²) in [6, 6.07) is 1.11. The summed E-state index contributed by atoms with van der Waals surface area (Å²) < 4.78 is 0. The minimum absolute atomic E-state index is 0.0256. The number of aliphatic hydroxyl groups is 1. The molecule has 0 bridgehead atoms. The van der Waals surface area contributed by atoms with Gasteiger partial charge in [-0.05, 0) is 26.3 Å². The van der Waals surface area contributed by atoms with Gasteiger partial charge < -0.3 is 15.3 Å². The highest BCUT2D eigenvalue weighted by Gasteiger charge is 2.41. The van der Waals surface area contributed by atoms with Crippen LogP contribution < -0.4 is 5.32 Å². The van der Waals surface area contributed by atoms with E-state index in [1.54, 1.807) is 0 Å². The molecule has 0 spiro atoms. The van der Waals surface area contributed by atoms with E-state index in [2.05, 4.69) is 36.0 Å². The van der Waals surface area contributed by atoms with E-state index >= 15 is 0 Å². The molecule has 0 aromatic carbocycles. The van der Waals surface area contributed by atoms with Gasteiger partial charge >= 0.3 is 0 Å². The third-order valence-corrected chi connectivity index (χ3v) is 4.53. The number of nitrogens with zero attached hydrogens (tertiary/aromatic N) is 2. The van der Waals surface area contributed by atoms with Crippen LogP contribution in [0.15, 0.2) is 0 Å². The maximum atomic E-state index is 9.73. The minimum Gasteiger partial charge on any atom is -0.394 e. The highest BCUT2D eigenvalue weighted by molar-refractivity contribution is 5.00. The Morgan fingerprint density at radius 2 is 1.94 bits per heavy atom. The van der Waals surface area contributed by atoms with Crippen molar-refractivity contribution in [3.8, 4) is 0 Å². The summed E-state index contributed by atoms with van der Waals surface area (Å²) in [5, 5.41) is 13.3. The monoisotopic (exact) mass is 255 g/mol. The van der Waals surface area contributed by atoms with Crippen molar-refractivity contribution >= 4 is 0 Å². The first-order valence-electron chi connectivity index (χ1n) is 7.36. The van der Waals surface area contributed by atoms with Crippen LogP contribution in [0.25, 0.3) is 0 Å².